The predicted octanol–water partition coefficient (Wildman–Crippen LogP) is 3.71. The zero-order valence-electron chi connectivity index (χ0n) is 8.92. The maximum Gasteiger partial charge on any atom is -0.00974 e. The Morgan fingerprint density at radius 1 is 1.07 bits per heavy atom. The van der Waals surface area contributed by atoms with E-state index in [0.29, 0.717) is 0 Å². The molecule has 1 aromatic carbocycles. The maximum atomic E-state index is 3.77. The third kappa shape index (κ3) is 2.59. The number of hydrogen-bond donors (Lipinski definition) is 0. The first-order chi connectivity index (χ1) is 6.81. The van der Waals surface area contributed by atoms with Gasteiger partial charge in [0, 0.05) is 0 Å². The number of aryl methyl sites for hydroxylation is 1. The normalized spacial score (nSPS) is 9.79. The molecule has 0 unspecified atom stereocenters. The van der Waals surface area contributed by atoms with Crippen LogP contribution in [0.4, 0.5) is 0 Å². The van der Waals surface area contributed by atoms with Crippen LogP contribution in [0.5, 0.6) is 0 Å². The number of allylic oxidation sites excluding steroid dienone is 2. The minimum Gasteiger partial charge on any atom is -0.103 e. The molecular weight excluding hydrogens is 168 g/mol. The van der Waals surface area contributed by atoms with Crippen LogP contribution >= 0.6 is 0 Å². The van der Waals surface area contributed by atoms with Crippen molar-refractivity contribution in [1.82, 2.24) is 0 Å². The van der Waals surface area contributed by atoms with Crippen LogP contribution in [0.3, 0.4) is 0 Å². The summed E-state index contributed by atoms with van der Waals surface area (Å²) in [5.74, 6) is 0. The molecule has 0 amide bonds. The first-order valence-corrected chi connectivity index (χ1v) is 5.14. The van der Waals surface area contributed by atoms with Crippen LogP contribution in [0.2, 0.25) is 0 Å². The third-order valence-electron chi connectivity index (χ3n) is 2.40. The van der Waals surface area contributed by atoms with Gasteiger partial charge >= 0.3 is 0 Å². The Labute approximate surface area is 87.0 Å². The van der Waals surface area contributed by atoms with Crippen LogP contribution in [-0.2, 0) is 19.3 Å². The van der Waals surface area contributed by atoms with Gasteiger partial charge in [-0.3, -0.25) is 0 Å². The molecule has 0 saturated carbocycles. The highest BCUT2D eigenvalue weighted by Gasteiger charge is 1.99. The summed E-state index contributed by atoms with van der Waals surface area (Å²) in [7, 11) is 0. The molecular formula is C14H18. The molecule has 14 heavy (non-hydrogen) atoms. The van der Waals surface area contributed by atoms with Crippen molar-refractivity contribution in [2.24, 2.45) is 0 Å². The number of hydrogen-bond acceptors (Lipinski definition) is 0. The quantitative estimate of drug-likeness (QED) is 0.615. The molecule has 1 rings (SSSR count). The Hall–Kier alpha value is -1.30. The Balaban J connectivity index is 2.97. The van der Waals surface area contributed by atoms with E-state index in [4.69, 9.17) is 0 Å². The molecule has 0 saturated heterocycles. The summed E-state index contributed by atoms with van der Waals surface area (Å²) in [5, 5.41) is 0. The molecule has 0 spiro atoms. The standard InChI is InChI=1S/C14H18/c1-4-7-12-9-10-14(8-5-2)13(6-3)11-12/h4-5,9-11H,1-2,6-8H2,3H3. The van der Waals surface area contributed by atoms with E-state index in [1.807, 2.05) is 12.2 Å². The van der Waals surface area contributed by atoms with Crippen molar-refractivity contribution in [3.05, 3.63) is 60.2 Å². The molecule has 0 N–H and O–H groups in total. The zero-order valence-corrected chi connectivity index (χ0v) is 8.92. The van der Waals surface area contributed by atoms with Crippen LogP contribution in [0.15, 0.2) is 43.5 Å². The highest BCUT2D eigenvalue weighted by Crippen LogP contribution is 2.14. The summed E-state index contributed by atoms with van der Waals surface area (Å²) in [6, 6.07) is 6.67. The van der Waals surface area contributed by atoms with Gasteiger partial charge in [-0.25, -0.2) is 0 Å². The molecule has 74 valence electrons. The SMILES string of the molecule is C=CCc1ccc(CC=C)c(CC)c1. The zero-order chi connectivity index (χ0) is 10.4. The van der Waals surface area contributed by atoms with Crippen molar-refractivity contribution in [2.75, 3.05) is 0 Å². The molecule has 0 aliphatic heterocycles. The van der Waals surface area contributed by atoms with Crippen LogP contribution in [0.25, 0.3) is 0 Å². The van der Waals surface area contributed by atoms with E-state index < -0.39 is 0 Å². The van der Waals surface area contributed by atoms with Gasteiger partial charge in [0.05, 0.1) is 0 Å². The first kappa shape index (κ1) is 10.8. The average molecular weight is 186 g/mol. The summed E-state index contributed by atoms with van der Waals surface area (Å²) < 4.78 is 0. The fourth-order valence-corrected chi connectivity index (χ4v) is 1.66. The van der Waals surface area contributed by atoms with Crippen molar-refractivity contribution in [3.63, 3.8) is 0 Å². The smallest absolute Gasteiger partial charge is 0.00974 e. The van der Waals surface area contributed by atoms with Gasteiger partial charge < -0.3 is 0 Å². The summed E-state index contributed by atoms with van der Waals surface area (Å²) in [4.78, 5) is 0. The lowest BCUT2D eigenvalue weighted by atomic mass is 9.98. The lowest BCUT2D eigenvalue weighted by Gasteiger charge is -2.07. The second-order valence-corrected chi connectivity index (χ2v) is 3.44. The van der Waals surface area contributed by atoms with Crippen LogP contribution in [0.1, 0.15) is 23.6 Å². The summed E-state index contributed by atoms with van der Waals surface area (Å²) in [5.41, 5.74) is 4.18. The second kappa shape index (κ2) is 5.43. The van der Waals surface area contributed by atoms with Crippen molar-refractivity contribution in [2.45, 2.75) is 26.2 Å². The molecule has 0 heteroatoms. The Morgan fingerprint density at radius 2 is 1.79 bits per heavy atom. The molecule has 0 atom stereocenters. The van der Waals surface area contributed by atoms with E-state index >= 15 is 0 Å². The summed E-state index contributed by atoms with van der Waals surface area (Å²) >= 11 is 0. The van der Waals surface area contributed by atoms with E-state index in [9.17, 15) is 0 Å². The Kier molecular flexibility index (Phi) is 4.18. The van der Waals surface area contributed by atoms with Crippen molar-refractivity contribution in [3.8, 4) is 0 Å². The van der Waals surface area contributed by atoms with Crippen molar-refractivity contribution in [1.29, 1.82) is 0 Å². The number of benzene rings is 1. The Bertz CT molecular complexity index is 321. The van der Waals surface area contributed by atoms with Gasteiger partial charge in [0.1, 0.15) is 0 Å². The molecule has 1 aromatic rings. The molecule has 0 heterocycles. The van der Waals surface area contributed by atoms with Crippen LogP contribution in [0, 0.1) is 0 Å². The van der Waals surface area contributed by atoms with Gasteiger partial charge in [-0.15, -0.1) is 13.2 Å². The molecule has 0 aliphatic rings. The monoisotopic (exact) mass is 186 g/mol. The topological polar surface area (TPSA) is 0 Å². The second-order valence-electron chi connectivity index (χ2n) is 3.44. The minimum absolute atomic E-state index is 0.960. The van der Waals surface area contributed by atoms with Gasteiger partial charge in [-0.05, 0) is 36.0 Å². The highest BCUT2D eigenvalue weighted by atomic mass is 14.0. The van der Waals surface area contributed by atoms with Crippen LogP contribution in [-0.4, -0.2) is 0 Å². The van der Waals surface area contributed by atoms with E-state index in [1.165, 1.54) is 16.7 Å². The average Bonchev–Trinajstić information content (AvgIpc) is 2.21. The molecule has 0 bridgehead atoms. The van der Waals surface area contributed by atoms with E-state index in [1.54, 1.807) is 0 Å². The predicted molar refractivity (Wildman–Crippen MR) is 63.6 cm³/mol. The van der Waals surface area contributed by atoms with Gasteiger partial charge in [0.2, 0.25) is 0 Å². The van der Waals surface area contributed by atoms with Crippen molar-refractivity contribution >= 4 is 0 Å². The first-order valence-electron chi connectivity index (χ1n) is 5.14. The molecule has 0 radical (unpaired) electrons. The van der Waals surface area contributed by atoms with Crippen molar-refractivity contribution < 1.29 is 0 Å². The van der Waals surface area contributed by atoms with Gasteiger partial charge in [0.25, 0.3) is 0 Å². The molecule has 0 aliphatic carbocycles. The van der Waals surface area contributed by atoms with Gasteiger partial charge in [-0.2, -0.15) is 0 Å². The fourth-order valence-electron chi connectivity index (χ4n) is 1.66. The minimum atomic E-state index is 0.960. The molecule has 0 aromatic heterocycles. The maximum absolute atomic E-state index is 3.77. The number of rotatable bonds is 5. The van der Waals surface area contributed by atoms with Crippen LogP contribution < -0.4 is 0 Å². The van der Waals surface area contributed by atoms with E-state index in [2.05, 4.69) is 38.3 Å². The van der Waals surface area contributed by atoms with Gasteiger partial charge in [0.15, 0.2) is 0 Å². The van der Waals surface area contributed by atoms with Gasteiger partial charge in [-0.1, -0.05) is 37.3 Å². The fraction of sp³-hybridized carbons (Fsp3) is 0.286. The Morgan fingerprint density at radius 3 is 2.36 bits per heavy atom. The largest absolute Gasteiger partial charge is 0.103 e. The summed E-state index contributed by atoms with van der Waals surface area (Å²) in [6.07, 6.45) is 6.93. The highest BCUT2D eigenvalue weighted by molar-refractivity contribution is 5.34. The van der Waals surface area contributed by atoms with E-state index in [-0.39, 0.29) is 0 Å². The third-order valence-corrected chi connectivity index (χ3v) is 2.40. The summed E-state index contributed by atoms with van der Waals surface area (Å²) in [6.45, 7) is 9.72. The lowest BCUT2D eigenvalue weighted by Crippen LogP contribution is -1.93. The van der Waals surface area contributed by atoms with E-state index in [0.717, 1.165) is 19.3 Å². The molecule has 0 nitrogen and oxygen atoms in total. The molecule has 0 fully saturated rings. The lowest BCUT2D eigenvalue weighted by molar-refractivity contribution is 1.06.